The van der Waals surface area contributed by atoms with Crippen molar-refractivity contribution in [2.75, 3.05) is 13.7 Å². The summed E-state index contributed by atoms with van der Waals surface area (Å²) in [7, 11) is 1.42. The minimum absolute atomic E-state index is 0.0313. The van der Waals surface area contributed by atoms with Crippen LogP contribution >= 0.6 is 11.6 Å². The Labute approximate surface area is 161 Å². The van der Waals surface area contributed by atoms with E-state index in [0.717, 1.165) is 32.3 Å². The van der Waals surface area contributed by atoms with Gasteiger partial charge in [0, 0.05) is 6.42 Å². The van der Waals surface area contributed by atoms with Gasteiger partial charge in [0.2, 0.25) is 0 Å². The Morgan fingerprint density at radius 2 is 2.12 bits per heavy atom. The number of rotatable bonds is 9. The summed E-state index contributed by atoms with van der Waals surface area (Å²) in [4.78, 5) is 11.2. The van der Waals surface area contributed by atoms with Gasteiger partial charge < -0.3 is 14.2 Å². The molecule has 1 aliphatic carbocycles. The first-order valence-corrected chi connectivity index (χ1v) is 10.1. The molecule has 5 atom stereocenters. The molecule has 2 aliphatic rings. The summed E-state index contributed by atoms with van der Waals surface area (Å²) in [6.07, 6.45) is 5.67. The summed E-state index contributed by atoms with van der Waals surface area (Å²) in [6.45, 7) is 1.46. The highest BCUT2D eigenvalue weighted by Gasteiger charge is 2.46. The normalized spacial score (nSPS) is 28.7. The maximum absolute atomic E-state index is 11.2. The molecule has 0 bridgehead atoms. The maximum atomic E-state index is 11.2. The van der Waals surface area contributed by atoms with Crippen LogP contribution in [0.2, 0.25) is 0 Å². The van der Waals surface area contributed by atoms with Gasteiger partial charge in [0.05, 0.1) is 37.9 Å². The lowest BCUT2D eigenvalue weighted by Gasteiger charge is -2.19. The van der Waals surface area contributed by atoms with Crippen molar-refractivity contribution in [1.29, 1.82) is 0 Å². The third kappa shape index (κ3) is 5.21. The van der Waals surface area contributed by atoms with E-state index in [1.165, 1.54) is 19.1 Å². The van der Waals surface area contributed by atoms with E-state index in [0.29, 0.717) is 31.0 Å². The van der Waals surface area contributed by atoms with E-state index in [9.17, 15) is 4.79 Å². The van der Waals surface area contributed by atoms with E-state index in [2.05, 4.69) is 16.9 Å². The van der Waals surface area contributed by atoms with Crippen molar-refractivity contribution in [3.05, 3.63) is 35.9 Å². The number of carbonyl (C=O) groups is 1. The van der Waals surface area contributed by atoms with Crippen LogP contribution < -0.4 is 0 Å². The molecule has 0 spiro atoms. The molecule has 2 fully saturated rings. The van der Waals surface area contributed by atoms with Crippen molar-refractivity contribution in [2.45, 2.75) is 62.7 Å². The fourth-order valence-corrected chi connectivity index (χ4v) is 4.56. The highest BCUT2D eigenvalue weighted by atomic mass is 35.5. The lowest BCUT2D eigenvalue weighted by molar-refractivity contribution is -0.140. The first-order valence-electron chi connectivity index (χ1n) is 9.65. The fraction of sp³-hybridized carbons (Fsp3) is 0.667. The van der Waals surface area contributed by atoms with Crippen LogP contribution in [0, 0.1) is 11.8 Å². The molecule has 1 aromatic rings. The second kappa shape index (κ2) is 9.72. The lowest BCUT2D eigenvalue weighted by Crippen LogP contribution is -2.22. The van der Waals surface area contributed by atoms with Gasteiger partial charge in [-0.1, -0.05) is 30.3 Å². The number of methoxy groups -OCH3 is 1. The average molecular weight is 381 g/mol. The van der Waals surface area contributed by atoms with Gasteiger partial charge in [-0.05, 0) is 49.5 Å². The molecule has 0 N–H and O–H groups in total. The van der Waals surface area contributed by atoms with Gasteiger partial charge in [-0.2, -0.15) is 0 Å². The molecule has 4 nitrogen and oxygen atoms in total. The number of hydrogen-bond donors (Lipinski definition) is 0. The highest BCUT2D eigenvalue weighted by Crippen LogP contribution is 2.45. The molecule has 144 valence electrons. The number of esters is 1. The Morgan fingerprint density at radius 3 is 2.88 bits per heavy atom. The van der Waals surface area contributed by atoms with Crippen LogP contribution in [0.15, 0.2) is 30.3 Å². The van der Waals surface area contributed by atoms with Crippen LogP contribution in [0.1, 0.15) is 44.1 Å². The SMILES string of the molecule is COC(=O)CCCC(Cl)C1CC2C(COCc3ccccc3)CCC2O1. The third-order valence-electron chi connectivity index (χ3n) is 5.69. The van der Waals surface area contributed by atoms with Gasteiger partial charge in [0.25, 0.3) is 0 Å². The Morgan fingerprint density at radius 1 is 1.31 bits per heavy atom. The number of alkyl halides is 1. The molecule has 26 heavy (non-hydrogen) atoms. The third-order valence-corrected chi connectivity index (χ3v) is 6.19. The monoisotopic (exact) mass is 380 g/mol. The van der Waals surface area contributed by atoms with E-state index in [1.54, 1.807) is 0 Å². The van der Waals surface area contributed by atoms with Crippen LogP contribution in [0.3, 0.4) is 0 Å². The number of ether oxygens (including phenoxy) is 3. The molecule has 1 saturated heterocycles. The lowest BCUT2D eigenvalue weighted by atomic mass is 9.91. The molecule has 3 rings (SSSR count). The smallest absolute Gasteiger partial charge is 0.305 e. The van der Waals surface area contributed by atoms with Gasteiger partial charge in [-0.15, -0.1) is 11.6 Å². The zero-order valence-corrected chi connectivity index (χ0v) is 16.2. The summed E-state index contributed by atoms with van der Waals surface area (Å²) in [5.41, 5.74) is 1.22. The van der Waals surface area contributed by atoms with Crippen molar-refractivity contribution in [3.8, 4) is 0 Å². The van der Waals surface area contributed by atoms with Gasteiger partial charge in [0.1, 0.15) is 0 Å². The number of carbonyl (C=O) groups excluding carboxylic acids is 1. The van der Waals surface area contributed by atoms with Gasteiger partial charge >= 0.3 is 5.97 Å². The molecule has 1 aromatic carbocycles. The number of halogens is 1. The summed E-state index contributed by atoms with van der Waals surface area (Å²) < 4.78 is 16.9. The number of hydrogen-bond acceptors (Lipinski definition) is 4. The molecular formula is C21H29ClO4. The standard InChI is InChI=1S/C21H29ClO4/c1-24-21(23)9-5-8-18(22)20-12-17-16(10-11-19(17)26-20)14-25-13-15-6-3-2-4-7-15/h2-4,6-7,16-20H,5,8-14H2,1H3. The molecule has 5 unspecified atom stereocenters. The topological polar surface area (TPSA) is 44.8 Å². The Kier molecular flexibility index (Phi) is 7.35. The van der Waals surface area contributed by atoms with Crippen molar-refractivity contribution in [3.63, 3.8) is 0 Å². The molecule has 0 amide bonds. The van der Waals surface area contributed by atoms with E-state index in [-0.39, 0.29) is 17.5 Å². The summed E-state index contributed by atoms with van der Waals surface area (Å²) >= 11 is 6.55. The van der Waals surface area contributed by atoms with Crippen molar-refractivity contribution >= 4 is 17.6 Å². The summed E-state index contributed by atoms with van der Waals surface area (Å²) in [5.74, 6) is 0.944. The van der Waals surface area contributed by atoms with Crippen molar-refractivity contribution in [1.82, 2.24) is 0 Å². The second-order valence-corrected chi connectivity index (χ2v) is 8.00. The molecule has 1 heterocycles. The van der Waals surface area contributed by atoms with E-state index >= 15 is 0 Å². The Hall–Kier alpha value is -1.10. The van der Waals surface area contributed by atoms with E-state index < -0.39 is 0 Å². The Balaban J connectivity index is 1.39. The molecule has 0 aromatic heterocycles. The second-order valence-electron chi connectivity index (χ2n) is 7.44. The minimum Gasteiger partial charge on any atom is -0.469 e. The zero-order chi connectivity index (χ0) is 18.4. The van der Waals surface area contributed by atoms with Crippen molar-refractivity contribution in [2.24, 2.45) is 11.8 Å². The predicted octanol–water partition coefficient (Wildman–Crippen LogP) is 4.34. The quantitative estimate of drug-likeness (QED) is 0.472. The molecule has 1 aliphatic heterocycles. The number of benzene rings is 1. The first-order chi connectivity index (χ1) is 12.7. The molecule has 5 heteroatoms. The van der Waals surface area contributed by atoms with Crippen LogP contribution in [0.5, 0.6) is 0 Å². The van der Waals surface area contributed by atoms with E-state index in [4.69, 9.17) is 21.1 Å². The Bertz CT molecular complexity index is 564. The summed E-state index contributed by atoms with van der Waals surface area (Å²) in [5, 5.41) is -0.0313. The van der Waals surface area contributed by atoms with Gasteiger partial charge in [-0.25, -0.2) is 0 Å². The van der Waals surface area contributed by atoms with Gasteiger partial charge in [-0.3, -0.25) is 4.79 Å². The molecule has 0 radical (unpaired) electrons. The average Bonchev–Trinajstić information content (AvgIpc) is 3.24. The van der Waals surface area contributed by atoms with Crippen LogP contribution in [0.4, 0.5) is 0 Å². The van der Waals surface area contributed by atoms with Gasteiger partial charge in [0.15, 0.2) is 0 Å². The minimum atomic E-state index is -0.172. The van der Waals surface area contributed by atoms with E-state index in [1.807, 2.05) is 18.2 Å². The van der Waals surface area contributed by atoms with Crippen molar-refractivity contribution < 1.29 is 19.0 Å². The molecular weight excluding hydrogens is 352 g/mol. The first kappa shape index (κ1) is 19.7. The largest absolute Gasteiger partial charge is 0.469 e. The predicted molar refractivity (Wildman–Crippen MR) is 101 cm³/mol. The van der Waals surface area contributed by atoms with Crippen LogP contribution in [-0.4, -0.2) is 37.3 Å². The van der Waals surface area contributed by atoms with Crippen LogP contribution in [-0.2, 0) is 25.6 Å². The molecule has 1 saturated carbocycles. The number of fused-ring (bicyclic) bond motifs is 1. The maximum Gasteiger partial charge on any atom is 0.305 e. The summed E-state index contributed by atoms with van der Waals surface area (Å²) in [6, 6.07) is 10.3. The highest BCUT2D eigenvalue weighted by molar-refractivity contribution is 6.21. The van der Waals surface area contributed by atoms with Crippen LogP contribution in [0.25, 0.3) is 0 Å². The fourth-order valence-electron chi connectivity index (χ4n) is 4.24. The zero-order valence-electron chi connectivity index (χ0n) is 15.4.